The summed E-state index contributed by atoms with van der Waals surface area (Å²) >= 11 is 0. The lowest BCUT2D eigenvalue weighted by molar-refractivity contribution is -0.142. The molecule has 3 rings (SSSR count). The Morgan fingerprint density at radius 3 is 2.80 bits per heavy atom. The highest BCUT2D eigenvalue weighted by molar-refractivity contribution is 5.94. The van der Waals surface area contributed by atoms with Gasteiger partial charge < -0.3 is 15.0 Å². The lowest BCUT2D eigenvalue weighted by atomic mass is 10.0. The van der Waals surface area contributed by atoms with Crippen molar-refractivity contribution in [3.05, 3.63) is 52.3 Å². The first-order valence-corrected chi connectivity index (χ1v) is 7.56. The third-order valence-corrected chi connectivity index (χ3v) is 3.87. The van der Waals surface area contributed by atoms with E-state index in [1.807, 2.05) is 24.3 Å². The van der Waals surface area contributed by atoms with Crippen molar-refractivity contribution in [1.29, 1.82) is 0 Å². The van der Waals surface area contributed by atoms with E-state index >= 15 is 0 Å². The molecule has 3 aromatic rings. The highest BCUT2D eigenvalue weighted by atomic mass is 16.5. The molecule has 0 saturated carbocycles. The Bertz CT molecular complexity index is 984. The Balaban J connectivity index is 1.83. The number of aromatic amines is 2. The van der Waals surface area contributed by atoms with Crippen molar-refractivity contribution in [3.63, 3.8) is 0 Å². The summed E-state index contributed by atoms with van der Waals surface area (Å²) in [6.45, 7) is 0. The molecule has 1 atom stereocenters. The number of hydrogen-bond donors (Lipinski definition) is 3. The van der Waals surface area contributed by atoms with E-state index < -0.39 is 23.6 Å². The first kappa shape index (κ1) is 16.5. The number of hydrogen-bond acceptors (Lipinski definition) is 5. The van der Waals surface area contributed by atoms with Gasteiger partial charge in [-0.15, -0.1) is 5.10 Å². The summed E-state index contributed by atoms with van der Waals surface area (Å²) in [4.78, 5) is 41.2. The van der Waals surface area contributed by atoms with Crippen molar-refractivity contribution in [1.82, 2.24) is 25.1 Å². The number of nitrogens with zero attached hydrogens (tertiary/aromatic N) is 2. The van der Waals surface area contributed by atoms with E-state index in [-0.39, 0.29) is 12.2 Å². The highest BCUT2D eigenvalue weighted by Gasteiger charge is 2.25. The fourth-order valence-electron chi connectivity index (χ4n) is 2.59. The average Bonchev–Trinajstić information content (AvgIpc) is 3.17. The van der Waals surface area contributed by atoms with Gasteiger partial charge in [0.25, 0.3) is 5.91 Å². The molecular weight excluding hydrogens is 326 g/mol. The van der Waals surface area contributed by atoms with Crippen LogP contribution in [-0.4, -0.2) is 44.8 Å². The number of aromatic nitrogens is 4. The smallest absolute Gasteiger partial charge is 0.343 e. The van der Waals surface area contributed by atoms with Gasteiger partial charge in [0.15, 0.2) is 0 Å². The van der Waals surface area contributed by atoms with Crippen molar-refractivity contribution in [2.45, 2.75) is 12.5 Å². The molecule has 0 aliphatic carbocycles. The van der Waals surface area contributed by atoms with Crippen molar-refractivity contribution in [3.8, 4) is 0 Å². The number of esters is 1. The van der Waals surface area contributed by atoms with E-state index in [9.17, 15) is 14.4 Å². The lowest BCUT2D eigenvalue weighted by Gasteiger charge is -2.15. The SMILES string of the molecule is COC(=O)[C@H](Cc1c[nH]c2ccccc12)NC(=O)c1nn(C)c(=O)[nH]1. The van der Waals surface area contributed by atoms with E-state index in [1.165, 1.54) is 14.2 Å². The number of carbonyl (C=O) groups is 2. The van der Waals surface area contributed by atoms with Gasteiger partial charge in [0.05, 0.1) is 7.11 Å². The van der Waals surface area contributed by atoms with Crippen LogP contribution in [0.5, 0.6) is 0 Å². The molecule has 0 aliphatic heterocycles. The van der Waals surface area contributed by atoms with E-state index in [0.29, 0.717) is 0 Å². The van der Waals surface area contributed by atoms with E-state index in [0.717, 1.165) is 21.1 Å². The monoisotopic (exact) mass is 343 g/mol. The normalized spacial score (nSPS) is 12.1. The van der Waals surface area contributed by atoms with Gasteiger partial charge in [0.1, 0.15) is 6.04 Å². The molecule has 9 nitrogen and oxygen atoms in total. The molecule has 25 heavy (non-hydrogen) atoms. The summed E-state index contributed by atoms with van der Waals surface area (Å²) in [5.74, 6) is -1.41. The van der Waals surface area contributed by atoms with Gasteiger partial charge in [-0.1, -0.05) is 18.2 Å². The summed E-state index contributed by atoms with van der Waals surface area (Å²) < 4.78 is 5.78. The molecule has 1 amide bonds. The zero-order valence-electron chi connectivity index (χ0n) is 13.7. The number of H-pyrrole nitrogens is 2. The second-order valence-corrected chi connectivity index (χ2v) is 5.52. The van der Waals surface area contributed by atoms with Gasteiger partial charge in [-0.05, 0) is 11.6 Å². The maximum Gasteiger partial charge on any atom is 0.343 e. The number of para-hydroxylation sites is 1. The number of methoxy groups -OCH3 is 1. The molecule has 2 heterocycles. The van der Waals surface area contributed by atoms with Crippen LogP contribution < -0.4 is 11.0 Å². The van der Waals surface area contributed by atoms with Crippen LogP contribution in [0.3, 0.4) is 0 Å². The molecular formula is C16H17N5O4. The minimum Gasteiger partial charge on any atom is -0.467 e. The van der Waals surface area contributed by atoms with Crippen molar-refractivity contribution in [2.75, 3.05) is 7.11 Å². The standard InChI is InChI=1S/C16H17N5O4/c1-21-16(24)19-13(20-21)14(22)18-12(15(23)25-2)7-9-8-17-11-6-4-3-5-10(9)11/h3-6,8,12,17H,7H2,1-2H3,(H,18,22)(H,19,20,24)/t12-/m0/s1. The second-order valence-electron chi connectivity index (χ2n) is 5.52. The number of fused-ring (bicyclic) bond motifs is 1. The molecule has 2 aromatic heterocycles. The third-order valence-electron chi connectivity index (χ3n) is 3.87. The summed E-state index contributed by atoms with van der Waals surface area (Å²) in [6, 6.07) is 6.72. The maximum absolute atomic E-state index is 12.3. The largest absolute Gasteiger partial charge is 0.467 e. The fraction of sp³-hybridized carbons (Fsp3) is 0.250. The molecule has 0 bridgehead atoms. The molecule has 0 radical (unpaired) electrons. The van der Waals surface area contributed by atoms with Crippen LogP contribution in [-0.2, 0) is 23.0 Å². The average molecular weight is 343 g/mol. The van der Waals surface area contributed by atoms with Crippen molar-refractivity contribution < 1.29 is 14.3 Å². The van der Waals surface area contributed by atoms with Crippen LogP contribution in [0, 0.1) is 0 Å². The lowest BCUT2D eigenvalue weighted by Crippen LogP contribution is -2.43. The van der Waals surface area contributed by atoms with Crippen LogP contribution in [0.2, 0.25) is 0 Å². The van der Waals surface area contributed by atoms with Crippen molar-refractivity contribution in [2.24, 2.45) is 7.05 Å². The van der Waals surface area contributed by atoms with Gasteiger partial charge in [-0.2, -0.15) is 0 Å². The van der Waals surface area contributed by atoms with E-state index in [1.54, 1.807) is 6.20 Å². The van der Waals surface area contributed by atoms with Crippen LogP contribution in [0.15, 0.2) is 35.3 Å². The molecule has 9 heteroatoms. The third kappa shape index (κ3) is 3.30. The number of nitrogens with one attached hydrogen (secondary N) is 3. The Morgan fingerprint density at radius 1 is 1.36 bits per heavy atom. The number of ether oxygens (including phenoxy) is 1. The van der Waals surface area contributed by atoms with E-state index in [2.05, 4.69) is 20.4 Å². The molecule has 1 aromatic carbocycles. The molecule has 0 aliphatic rings. The summed E-state index contributed by atoms with van der Waals surface area (Å²) in [6.07, 6.45) is 2.02. The minimum absolute atomic E-state index is 0.166. The number of rotatable bonds is 5. The number of carbonyl (C=O) groups excluding carboxylic acids is 2. The number of aryl methyl sites for hydroxylation is 1. The molecule has 3 N–H and O–H groups in total. The maximum atomic E-state index is 12.3. The zero-order chi connectivity index (χ0) is 18.0. The summed E-state index contributed by atoms with van der Waals surface area (Å²) in [5.41, 5.74) is 1.28. The quantitative estimate of drug-likeness (QED) is 0.567. The minimum atomic E-state index is -0.915. The predicted octanol–water partition coefficient (Wildman–Crippen LogP) is 0.104. The summed E-state index contributed by atoms with van der Waals surface area (Å²) in [7, 11) is 2.67. The Morgan fingerprint density at radius 2 is 2.12 bits per heavy atom. The van der Waals surface area contributed by atoms with Crippen LogP contribution >= 0.6 is 0 Å². The Labute approximate surface area is 142 Å². The molecule has 130 valence electrons. The number of benzene rings is 1. The Kier molecular flexibility index (Phi) is 4.38. The number of amides is 1. The van der Waals surface area contributed by atoms with Gasteiger partial charge in [0, 0.05) is 30.6 Å². The van der Waals surface area contributed by atoms with Crippen molar-refractivity contribution >= 4 is 22.8 Å². The predicted molar refractivity (Wildman–Crippen MR) is 89.1 cm³/mol. The summed E-state index contributed by atoms with van der Waals surface area (Å²) in [5, 5.41) is 7.28. The van der Waals surface area contributed by atoms with Gasteiger partial charge in [-0.3, -0.25) is 9.78 Å². The fourth-order valence-corrected chi connectivity index (χ4v) is 2.59. The van der Waals surface area contributed by atoms with Gasteiger partial charge in [-0.25, -0.2) is 14.3 Å². The Hall–Kier alpha value is -3.36. The topological polar surface area (TPSA) is 122 Å². The zero-order valence-corrected chi connectivity index (χ0v) is 13.7. The van der Waals surface area contributed by atoms with Gasteiger partial charge in [0.2, 0.25) is 5.82 Å². The van der Waals surface area contributed by atoms with Gasteiger partial charge >= 0.3 is 11.7 Å². The highest BCUT2D eigenvalue weighted by Crippen LogP contribution is 2.19. The van der Waals surface area contributed by atoms with Crippen LogP contribution in [0.4, 0.5) is 0 Å². The molecule has 0 fully saturated rings. The molecule has 0 saturated heterocycles. The van der Waals surface area contributed by atoms with Crippen LogP contribution in [0.25, 0.3) is 10.9 Å². The first-order chi connectivity index (χ1) is 12.0. The molecule has 0 unspecified atom stereocenters. The second kappa shape index (κ2) is 6.63. The first-order valence-electron chi connectivity index (χ1n) is 7.56. The van der Waals surface area contributed by atoms with Crippen LogP contribution in [0.1, 0.15) is 16.2 Å². The molecule has 0 spiro atoms. The van der Waals surface area contributed by atoms with E-state index in [4.69, 9.17) is 4.74 Å².